The van der Waals surface area contributed by atoms with E-state index in [1.54, 1.807) is 6.92 Å². The Morgan fingerprint density at radius 2 is 1.35 bits per heavy atom. The molecule has 0 fully saturated rings. The maximum atomic E-state index is 12.8. The highest BCUT2D eigenvalue weighted by Gasteiger charge is 2.31. The summed E-state index contributed by atoms with van der Waals surface area (Å²) in [6, 6.07) is 14.3. The molecule has 0 bridgehead atoms. The molecule has 0 aliphatic rings. The zero-order valence-electron chi connectivity index (χ0n) is 15.4. The third kappa shape index (κ3) is 4.72. The van der Waals surface area contributed by atoms with Gasteiger partial charge in [-0.2, -0.15) is 0 Å². The molecular weight excluding hydrogens is 370 g/mol. The Bertz CT molecular complexity index is 943. The normalized spacial score (nSPS) is 14.2. The number of hydrogen-bond donors (Lipinski definition) is 1. The molecule has 2 aromatic carbocycles. The van der Waals surface area contributed by atoms with Gasteiger partial charge in [0.05, 0.1) is 21.6 Å². The predicted octanol–water partition coefficient (Wildman–Crippen LogP) is 3.55. The van der Waals surface area contributed by atoms with Crippen LogP contribution in [0.2, 0.25) is 0 Å². The van der Waals surface area contributed by atoms with Crippen LogP contribution in [-0.2, 0) is 19.9 Å². The van der Waals surface area contributed by atoms with Gasteiger partial charge in [-0.1, -0.05) is 58.0 Å². The van der Waals surface area contributed by atoms with Crippen molar-refractivity contribution >= 4 is 19.9 Å². The van der Waals surface area contributed by atoms with Crippen LogP contribution < -0.4 is 4.72 Å². The molecule has 0 amide bonds. The first-order chi connectivity index (χ1) is 12.0. The minimum absolute atomic E-state index is 0.0303. The fourth-order valence-electron chi connectivity index (χ4n) is 2.61. The minimum Gasteiger partial charge on any atom is -0.224 e. The molecular formula is C19H25NO4S2. The number of benzene rings is 2. The van der Waals surface area contributed by atoms with Gasteiger partial charge < -0.3 is 0 Å². The third-order valence-electron chi connectivity index (χ3n) is 4.15. The van der Waals surface area contributed by atoms with Crippen LogP contribution in [0.15, 0.2) is 64.4 Å². The van der Waals surface area contributed by atoms with Gasteiger partial charge in [-0.3, -0.25) is 0 Å². The lowest BCUT2D eigenvalue weighted by molar-refractivity contribution is 0.304. The van der Waals surface area contributed by atoms with Gasteiger partial charge in [0.1, 0.15) is 0 Å². The molecule has 2 rings (SSSR count). The lowest BCUT2D eigenvalue weighted by atomic mass is 9.83. The van der Waals surface area contributed by atoms with Gasteiger partial charge in [0.2, 0.25) is 10.0 Å². The summed E-state index contributed by atoms with van der Waals surface area (Å²) < 4.78 is 52.2. The second-order valence-electron chi connectivity index (χ2n) is 7.21. The van der Waals surface area contributed by atoms with Crippen LogP contribution in [0.4, 0.5) is 0 Å². The Balaban J connectivity index is 2.37. The average molecular weight is 396 g/mol. The lowest BCUT2D eigenvalue weighted by Gasteiger charge is -2.31. The van der Waals surface area contributed by atoms with E-state index in [0.29, 0.717) is 0 Å². The summed E-state index contributed by atoms with van der Waals surface area (Å²) >= 11 is 0. The lowest BCUT2D eigenvalue weighted by Crippen LogP contribution is -2.36. The van der Waals surface area contributed by atoms with Crippen LogP contribution in [0, 0.1) is 5.41 Å². The summed E-state index contributed by atoms with van der Waals surface area (Å²) in [6.45, 7) is 7.44. The minimum atomic E-state index is -3.80. The van der Waals surface area contributed by atoms with Crippen molar-refractivity contribution in [2.45, 2.75) is 43.5 Å². The largest absolute Gasteiger partial charge is 0.241 e. The van der Waals surface area contributed by atoms with Crippen molar-refractivity contribution in [3.05, 3.63) is 60.2 Å². The molecule has 1 atom stereocenters. The molecule has 0 saturated carbocycles. The zero-order valence-corrected chi connectivity index (χ0v) is 17.1. The van der Waals surface area contributed by atoms with E-state index >= 15 is 0 Å². The van der Waals surface area contributed by atoms with Crippen LogP contribution in [-0.4, -0.2) is 22.6 Å². The first-order valence-corrected chi connectivity index (χ1v) is 11.5. The summed E-state index contributed by atoms with van der Waals surface area (Å²) in [7, 11) is -7.17. The van der Waals surface area contributed by atoms with Crippen molar-refractivity contribution in [1.29, 1.82) is 0 Å². The fraction of sp³-hybridized carbons (Fsp3) is 0.368. The molecule has 0 aliphatic carbocycles. The Morgan fingerprint density at radius 1 is 0.846 bits per heavy atom. The Labute approximate surface area is 156 Å². The molecule has 1 unspecified atom stereocenters. The van der Waals surface area contributed by atoms with Gasteiger partial charge in [-0.15, -0.1) is 0 Å². The van der Waals surface area contributed by atoms with E-state index in [1.807, 2.05) is 51.1 Å². The number of rotatable bonds is 6. The summed E-state index contributed by atoms with van der Waals surface area (Å²) in [5, 5.41) is 0. The average Bonchev–Trinajstić information content (AvgIpc) is 2.59. The molecule has 26 heavy (non-hydrogen) atoms. The molecule has 2 aromatic rings. The smallest absolute Gasteiger partial charge is 0.224 e. The van der Waals surface area contributed by atoms with Gasteiger partial charge in [-0.25, -0.2) is 21.6 Å². The number of sulfonamides is 1. The predicted molar refractivity (Wildman–Crippen MR) is 103 cm³/mol. The SMILES string of the molecule is CCS(=O)(=O)c1ccc(S(=O)(=O)NC(c2ccccc2)C(C)(C)C)cc1. The molecule has 0 heterocycles. The Morgan fingerprint density at radius 3 is 1.81 bits per heavy atom. The van der Waals surface area contributed by atoms with Crippen LogP contribution >= 0.6 is 0 Å². The molecule has 142 valence electrons. The van der Waals surface area contributed by atoms with E-state index in [9.17, 15) is 16.8 Å². The molecule has 1 N–H and O–H groups in total. The quantitative estimate of drug-likeness (QED) is 0.811. The van der Waals surface area contributed by atoms with E-state index in [-0.39, 0.29) is 21.0 Å². The number of hydrogen-bond acceptors (Lipinski definition) is 4. The maximum absolute atomic E-state index is 12.8. The summed E-state index contributed by atoms with van der Waals surface area (Å²) in [5.74, 6) is -0.0303. The highest BCUT2D eigenvalue weighted by molar-refractivity contribution is 7.91. The monoisotopic (exact) mass is 395 g/mol. The van der Waals surface area contributed by atoms with Gasteiger partial charge in [-0.05, 0) is 35.2 Å². The zero-order chi connectivity index (χ0) is 19.6. The third-order valence-corrected chi connectivity index (χ3v) is 7.33. The molecule has 0 saturated heterocycles. The van der Waals surface area contributed by atoms with Crippen molar-refractivity contribution in [1.82, 2.24) is 4.72 Å². The van der Waals surface area contributed by atoms with Crippen molar-refractivity contribution in [2.24, 2.45) is 5.41 Å². The molecule has 5 nitrogen and oxygen atoms in total. The van der Waals surface area contributed by atoms with E-state index in [1.165, 1.54) is 24.3 Å². The Hall–Kier alpha value is -1.70. The summed E-state index contributed by atoms with van der Waals surface area (Å²) in [4.78, 5) is 0.159. The highest BCUT2D eigenvalue weighted by Crippen LogP contribution is 2.34. The van der Waals surface area contributed by atoms with Crippen molar-refractivity contribution in [3.8, 4) is 0 Å². The molecule has 0 spiro atoms. The molecule has 0 aromatic heterocycles. The topological polar surface area (TPSA) is 80.3 Å². The van der Waals surface area contributed by atoms with Crippen molar-refractivity contribution < 1.29 is 16.8 Å². The van der Waals surface area contributed by atoms with Crippen LogP contribution in [0.3, 0.4) is 0 Å². The molecule has 7 heteroatoms. The van der Waals surface area contributed by atoms with Crippen molar-refractivity contribution in [3.63, 3.8) is 0 Å². The van der Waals surface area contributed by atoms with Crippen LogP contribution in [0.1, 0.15) is 39.3 Å². The maximum Gasteiger partial charge on any atom is 0.241 e. The van der Waals surface area contributed by atoms with Gasteiger partial charge in [0.15, 0.2) is 9.84 Å². The summed E-state index contributed by atoms with van der Waals surface area (Å²) in [5.41, 5.74) is 0.522. The standard InChI is InChI=1S/C19H25NO4S2/c1-5-25(21,22)16-11-13-17(14-12-16)26(23,24)20-18(19(2,3)4)15-9-7-6-8-10-15/h6-14,18,20H,5H2,1-4H3. The second kappa shape index (κ2) is 7.50. The van der Waals surface area contributed by atoms with E-state index in [4.69, 9.17) is 0 Å². The molecule has 0 aliphatic heterocycles. The summed E-state index contributed by atoms with van der Waals surface area (Å²) in [6.07, 6.45) is 0. The Kier molecular flexibility index (Phi) is 5.95. The van der Waals surface area contributed by atoms with Gasteiger partial charge >= 0.3 is 0 Å². The first-order valence-electron chi connectivity index (χ1n) is 8.37. The molecule has 0 radical (unpaired) electrons. The van der Waals surface area contributed by atoms with Crippen LogP contribution in [0.25, 0.3) is 0 Å². The van der Waals surface area contributed by atoms with Crippen molar-refractivity contribution in [2.75, 3.05) is 5.75 Å². The van der Waals surface area contributed by atoms with Gasteiger partial charge in [0.25, 0.3) is 0 Å². The van der Waals surface area contributed by atoms with E-state index in [0.717, 1.165) is 5.56 Å². The number of sulfone groups is 1. The van der Waals surface area contributed by atoms with E-state index in [2.05, 4.69) is 4.72 Å². The van der Waals surface area contributed by atoms with E-state index < -0.39 is 25.9 Å². The fourth-order valence-corrected chi connectivity index (χ4v) is 4.92. The van der Waals surface area contributed by atoms with Gasteiger partial charge in [0, 0.05) is 0 Å². The highest BCUT2D eigenvalue weighted by atomic mass is 32.2. The van der Waals surface area contributed by atoms with Crippen LogP contribution in [0.5, 0.6) is 0 Å². The first kappa shape index (κ1) is 20.6. The second-order valence-corrected chi connectivity index (χ2v) is 11.2. The number of nitrogens with one attached hydrogen (secondary N) is 1.